The molecule has 4 amide bonds. The highest BCUT2D eigenvalue weighted by Crippen LogP contribution is 2.27. The highest BCUT2D eigenvalue weighted by atomic mass is 16.6. The van der Waals surface area contributed by atoms with Crippen LogP contribution in [0.4, 0.5) is 9.59 Å². The zero-order valence-electron chi connectivity index (χ0n) is 40.0. The van der Waals surface area contributed by atoms with Gasteiger partial charge in [-0.05, 0) is 99.0 Å². The Hall–Kier alpha value is -6.26. The molecular formula is C52H66N4O12. The van der Waals surface area contributed by atoms with E-state index in [1.807, 2.05) is 78.9 Å². The zero-order chi connectivity index (χ0) is 49.1. The number of carbonyl (C=O) groups excluding carboxylic acids is 5. The van der Waals surface area contributed by atoms with E-state index in [0.717, 1.165) is 38.2 Å². The Balaban J connectivity index is 1.10. The summed E-state index contributed by atoms with van der Waals surface area (Å²) in [5.74, 6) is -2.94. The number of carboxylic acid groups (broad SMARTS) is 1. The summed E-state index contributed by atoms with van der Waals surface area (Å²) in [6, 6.07) is 23.2. The Morgan fingerprint density at radius 3 is 1.68 bits per heavy atom. The average Bonchev–Trinajstić information content (AvgIpc) is 3.27. The van der Waals surface area contributed by atoms with E-state index in [1.165, 1.54) is 0 Å². The van der Waals surface area contributed by atoms with Crippen LogP contribution in [0, 0.1) is 0 Å². The molecule has 2 aliphatic rings. The van der Waals surface area contributed by atoms with E-state index in [0.29, 0.717) is 19.3 Å². The van der Waals surface area contributed by atoms with Crippen LogP contribution in [-0.2, 0) is 62.1 Å². The lowest BCUT2D eigenvalue weighted by molar-refractivity contribution is -0.158. The fourth-order valence-corrected chi connectivity index (χ4v) is 8.46. The highest BCUT2D eigenvalue weighted by Gasteiger charge is 2.45. The van der Waals surface area contributed by atoms with Gasteiger partial charge in [0.1, 0.15) is 34.4 Å². The van der Waals surface area contributed by atoms with Crippen molar-refractivity contribution in [1.82, 2.24) is 21.3 Å². The summed E-state index contributed by atoms with van der Waals surface area (Å²) in [4.78, 5) is 80.4. The van der Waals surface area contributed by atoms with Gasteiger partial charge in [-0.15, -0.1) is 0 Å². The summed E-state index contributed by atoms with van der Waals surface area (Å²) in [6.45, 7) is 11.2. The maximum Gasteiger partial charge on any atom is 0.408 e. The Bertz CT molecular complexity index is 2450. The van der Waals surface area contributed by atoms with Crippen LogP contribution in [0.3, 0.4) is 0 Å². The number of aliphatic carboxylic acids is 1. The minimum absolute atomic E-state index is 0.0576. The number of esters is 1. The Morgan fingerprint density at radius 2 is 1.12 bits per heavy atom. The number of fused-ring (bicyclic) bond motifs is 2. The van der Waals surface area contributed by atoms with Crippen molar-refractivity contribution in [1.29, 1.82) is 0 Å². The number of alkyl carbamates (subject to hydrolysis) is 2. The number of amides is 4. The van der Waals surface area contributed by atoms with Crippen LogP contribution in [0.2, 0.25) is 0 Å². The summed E-state index contributed by atoms with van der Waals surface area (Å²) in [5.41, 5.74) is -1.97. The lowest BCUT2D eigenvalue weighted by atomic mass is 9.89. The maximum atomic E-state index is 14.2. The van der Waals surface area contributed by atoms with E-state index >= 15 is 0 Å². The second-order valence-corrected chi connectivity index (χ2v) is 19.7. The lowest BCUT2D eigenvalue weighted by Gasteiger charge is -2.36. The SMILES string of the molecule is CC(C)(C)OC(=O)N[C@@H](Cc1ccc2cccc(CCCCOC(=O)C3(NC(=O)[C@H](Cc4ccc5ccccc5c4)NC(=O)OC(C)(C)C)CCOCC3)c2c1)C(=O)NC1(C(=O)O)CCOCC1. The molecule has 4 aromatic carbocycles. The Morgan fingerprint density at radius 1 is 0.618 bits per heavy atom. The van der Waals surface area contributed by atoms with Crippen molar-refractivity contribution in [3.63, 3.8) is 0 Å². The van der Waals surface area contributed by atoms with Gasteiger partial charge in [0.05, 0.1) is 6.61 Å². The topological polar surface area (TPSA) is 217 Å². The summed E-state index contributed by atoms with van der Waals surface area (Å²) in [6.07, 6.45) is 0.992. The molecule has 0 radical (unpaired) electrons. The van der Waals surface area contributed by atoms with Crippen LogP contribution in [0.1, 0.15) is 96.8 Å². The minimum Gasteiger partial charge on any atom is -0.480 e. The monoisotopic (exact) mass is 938 g/mol. The molecule has 0 bridgehead atoms. The maximum absolute atomic E-state index is 14.2. The molecule has 6 rings (SSSR count). The minimum atomic E-state index is -1.53. The summed E-state index contributed by atoms with van der Waals surface area (Å²) in [5, 5.41) is 25.1. The Kier molecular flexibility index (Phi) is 16.7. The summed E-state index contributed by atoms with van der Waals surface area (Å²) < 4.78 is 27.8. The molecule has 2 atom stereocenters. The van der Waals surface area contributed by atoms with Gasteiger partial charge < -0.3 is 50.1 Å². The fourth-order valence-electron chi connectivity index (χ4n) is 8.46. The van der Waals surface area contributed by atoms with E-state index in [2.05, 4.69) is 21.3 Å². The lowest BCUT2D eigenvalue weighted by Crippen LogP contribution is -2.62. The fraction of sp³-hybridized carbons (Fsp3) is 0.500. The number of nitrogens with one attached hydrogen (secondary N) is 4. The van der Waals surface area contributed by atoms with E-state index in [-0.39, 0.29) is 71.6 Å². The van der Waals surface area contributed by atoms with Gasteiger partial charge in [-0.1, -0.05) is 78.9 Å². The molecule has 4 aromatic rings. The molecule has 2 aliphatic heterocycles. The van der Waals surface area contributed by atoms with Crippen molar-refractivity contribution >= 4 is 57.5 Å². The van der Waals surface area contributed by atoms with Crippen molar-refractivity contribution in [2.24, 2.45) is 0 Å². The van der Waals surface area contributed by atoms with E-state index in [4.69, 9.17) is 23.7 Å². The molecule has 0 aliphatic carbocycles. The molecule has 2 saturated heterocycles. The predicted octanol–water partition coefficient (Wildman–Crippen LogP) is 6.85. The molecule has 68 heavy (non-hydrogen) atoms. The molecule has 0 unspecified atom stereocenters. The highest BCUT2D eigenvalue weighted by molar-refractivity contribution is 5.94. The first-order valence-electron chi connectivity index (χ1n) is 23.4. The second-order valence-electron chi connectivity index (χ2n) is 19.7. The van der Waals surface area contributed by atoms with Crippen molar-refractivity contribution in [2.75, 3.05) is 33.0 Å². The first-order chi connectivity index (χ1) is 32.2. The van der Waals surface area contributed by atoms with Crippen LogP contribution in [-0.4, -0.2) is 108 Å². The predicted molar refractivity (Wildman–Crippen MR) is 255 cm³/mol. The third-order valence-electron chi connectivity index (χ3n) is 12.0. The normalized spacial score (nSPS) is 16.7. The number of unbranched alkanes of at least 4 members (excludes halogenated alkanes) is 1. The van der Waals surface area contributed by atoms with Crippen LogP contribution in [0.25, 0.3) is 21.5 Å². The number of aryl methyl sites for hydroxylation is 1. The first-order valence-corrected chi connectivity index (χ1v) is 23.4. The molecular weight excluding hydrogens is 873 g/mol. The van der Waals surface area contributed by atoms with Crippen LogP contribution in [0.5, 0.6) is 0 Å². The summed E-state index contributed by atoms with van der Waals surface area (Å²) in [7, 11) is 0. The van der Waals surface area contributed by atoms with Gasteiger partial charge in [0.2, 0.25) is 11.8 Å². The smallest absolute Gasteiger partial charge is 0.408 e. The van der Waals surface area contributed by atoms with Crippen LogP contribution in [0.15, 0.2) is 78.9 Å². The van der Waals surface area contributed by atoms with Gasteiger partial charge in [-0.25, -0.2) is 19.2 Å². The van der Waals surface area contributed by atoms with Gasteiger partial charge in [0.15, 0.2) is 0 Å². The number of hydrogen-bond acceptors (Lipinski definition) is 11. The third kappa shape index (κ3) is 14.1. The molecule has 16 nitrogen and oxygen atoms in total. The average molecular weight is 939 g/mol. The van der Waals surface area contributed by atoms with Crippen molar-refractivity contribution in [3.8, 4) is 0 Å². The molecule has 5 N–H and O–H groups in total. The largest absolute Gasteiger partial charge is 0.480 e. The van der Waals surface area contributed by atoms with Gasteiger partial charge >= 0.3 is 24.1 Å². The second kappa shape index (κ2) is 22.2. The molecule has 16 heteroatoms. The van der Waals surface area contributed by atoms with Crippen molar-refractivity contribution in [2.45, 2.75) is 134 Å². The van der Waals surface area contributed by atoms with Gasteiger partial charge in [0.25, 0.3) is 0 Å². The number of benzene rings is 4. The standard InChI is InChI=1S/C52H66N4O12/c1-49(2,3)67-47(62)53-41(32-34-17-19-36-12-7-8-14-39(36)30-34)44(58)56-52(23-28-65-29-24-52)46(61)66-25-10-9-13-37-15-11-16-38-20-18-35(31-40(37)38)33-42(54-48(63)68-50(4,5)6)43(57)55-51(45(59)60)21-26-64-27-22-51/h7-8,11-12,14-20,30-31,41-42H,9-10,13,21-29,32-33H2,1-6H3,(H,53,62)(H,54,63)(H,55,57)(H,56,58)(H,59,60)/t41-,42-/m0/s1. The van der Waals surface area contributed by atoms with E-state index < -0.39 is 70.3 Å². The van der Waals surface area contributed by atoms with E-state index in [9.17, 15) is 33.9 Å². The number of carbonyl (C=O) groups is 6. The number of ether oxygens (including phenoxy) is 5. The van der Waals surface area contributed by atoms with Gasteiger partial charge in [-0.3, -0.25) is 9.59 Å². The molecule has 366 valence electrons. The van der Waals surface area contributed by atoms with E-state index in [1.54, 1.807) is 41.5 Å². The molecule has 2 heterocycles. The van der Waals surface area contributed by atoms with Crippen LogP contribution >= 0.6 is 0 Å². The molecule has 0 aromatic heterocycles. The molecule has 0 spiro atoms. The summed E-state index contributed by atoms with van der Waals surface area (Å²) >= 11 is 0. The number of hydrogen-bond donors (Lipinski definition) is 5. The van der Waals surface area contributed by atoms with Crippen molar-refractivity contribution < 1.29 is 57.6 Å². The first kappa shape index (κ1) is 51.1. The third-order valence-corrected chi connectivity index (χ3v) is 12.0. The number of rotatable bonds is 17. The number of carboxylic acids is 1. The Labute approximate surface area is 397 Å². The van der Waals surface area contributed by atoms with Crippen molar-refractivity contribution in [3.05, 3.63) is 95.6 Å². The quantitative estimate of drug-likeness (QED) is 0.0418. The van der Waals surface area contributed by atoms with Crippen LogP contribution < -0.4 is 21.3 Å². The van der Waals surface area contributed by atoms with Gasteiger partial charge in [0, 0.05) is 65.0 Å². The molecule has 2 fully saturated rings. The molecule has 0 saturated carbocycles. The van der Waals surface area contributed by atoms with Gasteiger partial charge in [-0.2, -0.15) is 0 Å². The zero-order valence-corrected chi connectivity index (χ0v) is 40.0.